The third-order valence-electron chi connectivity index (χ3n) is 0.472. The Hall–Kier alpha value is -0.940. The van der Waals surface area contributed by atoms with E-state index in [1.807, 2.05) is 0 Å². The number of rotatable bonds is 1. The molecule has 1 radical (unpaired) electrons. The topological polar surface area (TPSA) is 35.5 Å². The van der Waals surface area contributed by atoms with Crippen LogP contribution in [0, 0.1) is 7.11 Å². The zero-order valence-electron chi connectivity index (χ0n) is 4.77. The Morgan fingerprint density at radius 1 is 1.50 bits per heavy atom. The number of halogens is 3. The molecular weight excluding hydrogens is 153 g/mol. The van der Waals surface area contributed by atoms with Crippen molar-refractivity contribution in [2.75, 3.05) is 6.61 Å². The first-order valence-corrected chi connectivity index (χ1v) is 2.11. The normalized spacial score (nSPS) is 10.8. The number of carbonyl (C=O) groups excluding carboxylic acids is 1. The maximum Gasteiger partial charge on any atom is 0.508 e. The van der Waals surface area contributed by atoms with Crippen LogP contribution in [0.2, 0.25) is 0 Å². The zero-order chi connectivity index (χ0) is 8.20. The minimum Gasteiger partial charge on any atom is -0.431 e. The molecule has 0 amide bonds. The highest BCUT2D eigenvalue weighted by molar-refractivity contribution is 5.59. The largest absolute Gasteiger partial charge is 0.508 e. The summed E-state index contributed by atoms with van der Waals surface area (Å²) in [5.74, 6) is 0. The van der Waals surface area contributed by atoms with E-state index in [-0.39, 0.29) is 0 Å². The monoisotopic (exact) mass is 157 g/mol. The van der Waals surface area contributed by atoms with Crippen molar-refractivity contribution >= 4 is 6.16 Å². The van der Waals surface area contributed by atoms with Crippen LogP contribution in [0.3, 0.4) is 0 Å². The van der Waals surface area contributed by atoms with Crippen molar-refractivity contribution in [2.45, 2.75) is 6.18 Å². The van der Waals surface area contributed by atoms with E-state index < -0.39 is 18.9 Å². The lowest BCUT2D eigenvalue weighted by Gasteiger charge is -2.05. The number of alkyl halides is 3. The van der Waals surface area contributed by atoms with Gasteiger partial charge in [0, 0.05) is 0 Å². The van der Waals surface area contributed by atoms with Crippen molar-refractivity contribution in [1.29, 1.82) is 0 Å². The molecule has 0 fully saturated rings. The molecule has 0 aliphatic heterocycles. The quantitative estimate of drug-likeness (QED) is 0.541. The average molecular weight is 157 g/mol. The SMILES string of the molecule is [CH2]OC(=O)OCC(F)(F)F. The molecule has 59 valence electrons. The summed E-state index contributed by atoms with van der Waals surface area (Å²) in [5.41, 5.74) is 0. The van der Waals surface area contributed by atoms with Gasteiger partial charge in [-0.1, -0.05) is 0 Å². The predicted octanol–water partition coefficient (Wildman–Crippen LogP) is 1.49. The highest BCUT2D eigenvalue weighted by Gasteiger charge is 2.29. The van der Waals surface area contributed by atoms with Crippen molar-refractivity contribution in [3.63, 3.8) is 0 Å². The summed E-state index contributed by atoms with van der Waals surface area (Å²) in [7, 11) is 2.54. The van der Waals surface area contributed by atoms with Gasteiger partial charge < -0.3 is 9.47 Å². The Morgan fingerprint density at radius 2 is 2.00 bits per heavy atom. The molecule has 0 atom stereocenters. The molecule has 0 saturated heterocycles. The summed E-state index contributed by atoms with van der Waals surface area (Å²) in [6, 6.07) is 0. The maximum atomic E-state index is 11.2. The van der Waals surface area contributed by atoms with Gasteiger partial charge in [-0.05, 0) is 0 Å². The molecular formula is C4H4F3O3. The number of hydrogen-bond donors (Lipinski definition) is 0. The third kappa shape index (κ3) is 5.20. The minimum absolute atomic E-state index is 1.45. The van der Waals surface area contributed by atoms with E-state index in [2.05, 4.69) is 16.6 Å². The van der Waals surface area contributed by atoms with E-state index in [9.17, 15) is 18.0 Å². The van der Waals surface area contributed by atoms with Crippen molar-refractivity contribution in [3.8, 4) is 0 Å². The first kappa shape index (κ1) is 9.06. The Balaban J connectivity index is 3.46. The van der Waals surface area contributed by atoms with Crippen LogP contribution < -0.4 is 0 Å². The van der Waals surface area contributed by atoms with Gasteiger partial charge in [0.1, 0.15) is 7.11 Å². The first-order valence-electron chi connectivity index (χ1n) is 2.11. The van der Waals surface area contributed by atoms with Gasteiger partial charge in [0.05, 0.1) is 0 Å². The Morgan fingerprint density at radius 3 is 2.30 bits per heavy atom. The van der Waals surface area contributed by atoms with E-state index in [1.54, 1.807) is 0 Å². The number of hydrogen-bond acceptors (Lipinski definition) is 3. The molecule has 0 rings (SSSR count). The summed E-state index contributed by atoms with van der Waals surface area (Å²) in [4.78, 5) is 9.85. The van der Waals surface area contributed by atoms with Gasteiger partial charge in [-0.2, -0.15) is 13.2 Å². The molecule has 6 heteroatoms. The summed E-state index contributed by atoms with van der Waals surface area (Å²) in [5, 5.41) is 0. The summed E-state index contributed by atoms with van der Waals surface area (Å²) >= 11 is 0. The van der Waals surface area contributed by atoms with E-state index in [4.69, 9.17) is 0 Å². The Labute approximate surface area is 54.7 Å². The van der Waals surface area contributed by atoms with Crippen molar-refractivity contribution < 1.29 is 27.4 Å². The minimum atomic E-state index is -4.52. The lowest BCUT2D eigenvalue weighted by Crippen LogP contribution is -2.19. The third-order valence-corrected chi connectivity index (χ3v) is 0.472. The van der Waals surface area contributed by atoms with Crippen LogP contribution in [0.5, 0.6) is 0 Å². The van der Waals surface area contributed by atoms with Crippen LogP contribution in [0.1, 0.15) is 0 Å². The molecule has 0 unspecified atom stereocenters. The van der Waals surface area contributed by atoms with Gasteiger partial charge in [0.2, 0.25) is 0 Å². The molecule has 10 heavy (non-hydrogen) atoms. The second-order valence-corrected chi connectivity index (χ2v) is 1.30. The maximum absolute atomic E-state index is 11.2. The predicted molar refractivity (Wildman–Crippen MR) is 23.8 cm³/mol. The Kier molecular flexibility index (Phi) is 2.98. The van der Waals surface area contributed by atoms with Crippen LogP contribution >= 0.6 is 0 Å². The molecule has 0 spiro atoms. The second-order valence-electron chi connectivity index (χ2n) is 1.30. The molecule has 0 aromatic carbocycles. The molecule has 3 nitrogen and oxygen atoms in total. The van der Waals surface area contributed by atoms with Crippen molar-refractivity contribution in [2.24, 2.45) is 0 Å². The lowest BCUT2D eigenvalue weighted by molar-refractivity contribution is -0.164. The van der Waals surface area contributed by atoms with Gasteiger partial charge in [-0.3, -0.25) is 0 Å². The van der Waals surface area contributed by atoms with E-state index >= 15 is 0 Å². The Bertz CT molecular complexity index is 119. The van der Waals surface area contributed by atoms with Gasteiger partial charge in [0.25, 0.3) is 0 Å². The standard InChI is InChI=1S/C4H4F3O3/c1-9-3(8)10-2-4(5,6)7/h1-2H2. The van der Waals surface area contributed by atoms with Gasteiger partial charge >= 0.3 is 12.3 Å². The molecule has 0 bridgehead atoms. The molecule has 0 heterocycles. The molecule has 0 aromatic rings. The van der Waals surface area contributed by atoms with E-state index in [0.717, 1.165) is 0 Å². The van der Waals surface area contributed by atoms with Crippen LogP contribution in [0.25, 0.3) is 0 Å². The van der Waals surface area contributed by atoms with Crippen LogP contribution in [0.15, 0.2) is 0 Å². The van der Waals surface area contributed by atoms with Crippen molar-refractivity contribution in [1.82, 2.24) is 0 Å². The molecule has 0 aliphatic carbocycles. The van der Waals surface area contributed by atoms with Crippen LogP contribution in [-0.2, 0) is 9.47 Å². The molecule has 0 aromatic heterocycles. The smallest absolute Gasteiger partial charge is 0.431 e. The van der Waals surface area contributed by atoms with E-state index in [0.29, 0.717) is 0 Å². The van der Waals surface area contributed by atoms with Gasteiger partial charge in [-0.25, -0.2) is 4.79 Å². The summed E-state index contributed by atoms with van der Waals surface area (Å²) in [6.07, 6.45) is -5.97. The second kappa shape index (κ2) is 3.28. The molecule has 0 saturated carbocycles. The molecule has 0 N–H and O–H groups in total. The zero-order valence-corrected chi connectivity index (χ0v) is 4.77. The van der Waals surface area contributed by atoms with Crippen LogP contribution in [0.4, 0.5) is 18.0 Å². The fourth-order valence-electron chi connectivity index (χ4n) is 0.182. The lowest BCUT2D eigenvalue weighted by atomic mass is 10.7. The number of carbonyl (C=O) groups is 1. The highest BCUT2D eigenvalue weighted by Crippen LogP contribution is 2.14. The highest BCUT2D eigenvalue weighted by atomic mass is 19.4. The molecule has 0 aliphatic rings. The fraction of sp³-hybridized carbons (Fsp3) is 0.500. The van der Waals surface area contributed by atoms with Gasteiger partial charge in [-0.15, -0.1) is 0 Å². The summed E-state index contributed by atoms with van der Waals surface area (Å²) < 4.78 is 40.6. The fourth-order valence-corrected chi connectivity index (χ4v) is 0.182. The van der Waals surface area contributed by atoms with Gasteiger partial charge in [0.15, 0.2) is 6.61 Å². The summed E-state index contributed by atoms with van der Waals surface area (Å²) in [6.45, 7) is -1.65. The first-order chi connectivity index (χ1) is 4.45. The number of ether oxygens (including phenoxy) is 2. The average Bonchev–Trinajstić information content (AvgIpc) is 1.81. The van der Waals surface area contributed by atoms with Crippen LogP contribution in [-0.4, -0.2) is 18.9 Å². The van der Waals surface area contributed by atoms with E-state index in [1.165, 1.54) is 0 Å². The van der Waals surface area contributed by atoms with Crippen molar-refractivity contribution in [3.05, 3.63) is 7.11 Å².